The maximum absolute atomic E-state index is 11.0. The van der Waals surface area contributed by atoms with Gasteiger partial charge in [-0.05, 0) is 23.3 Å². The molecule has 2 rings (SSSR count). The van der Waals surface area contributed by atoms with Crippen molar-refractivity contribution in [3.8, 4) is 11.1 Å². The van der Waals surface area contributed by atoms with E-state index in [-0.39, 0.29) is 0 Å². The highest BCUT2D eigenvalue weighted by Gasteiger charge is 2.09. The van der Waals surface area contributed by atoms with Gasteiger partial charge in [0, 0.05) is 10.6 Å². The molecular weight excluding hydrogens is 243 g/mol. The molecule has 2 aromatic carbocycles. The van der Waals surface area contributed by atoms with E-state index >= 15 is 0 Å². The van der Waals surface area contributed by atoms with Crippen LogP contribution in [0.5, 0.6) is 0 Å². The van der Waals surface area contributed by atoms with E-state index < -0.39 is 0 Å². The number of hydrogen-bond donors (Lipinski definition) is 0. The molecule has 3 heteroatoms. The van der Waals surface area contributed by atoms with Crippen molar-refractivity contribution in [2.75, 3.05) is 0 Å². The summed E-state index contributed by atoms with van der Waals surface area (Å²) in [6, 6.07) is 12.9. The van der Waals surface area contributed by atoms with Gasteiger partial charge in [-0.15, -0.1) is 0 Å². The summed E-state index contributed by atoms with van der Waals surface area (Å²) in [5.41, 5.74) is 2.15. The minimum absolute atomic E-state index is 0.376. The van der Waals surface area contributed by atoms with Gasteiger partial charge in [-0.25, -0.2) is 0 Å². The Morgan fingerprint density at radius 1 is 1.00 bits per heavy atom. The molecule has 0 unspecified atom stereocenters. The summed E-state index contributed by atoms with van der Waals surface area (Å²) in [6.45, 7) is 0. The summed E-state index contributed by atoms with van der Waals surface area (Å²) in [7, 11) is 0. The van der Waals surface area contributed by atoms with Gasteiger partial charge < -0.3 is 0 Å². The summed E-state index contributed by atoms with van der Waals surface area (Å²) < 4.78 is 0. The number of halogens is 2. The summed E-state index contributed by atoms with van der Waals surface area (Å²) in [5.74, 6) is 0. The van der Waals surface area contributed by atoms with Crippen LogP contribution < -0.4 is 0 Å². The van der Waals surface area contributed by atoms with Crippen molar-refractivity contribution >= 4 is 29.5 Å². The smallest absolute Gasteiger partial charge is 0.152 e. The van der Waals surface area contributed by atoms with Crippen LogP contribution in [0.3, 0.4) is 0 Å². The maximum Gasteiger partial charge on any atom is 0.152 e. The zero-order valence-electron chi connectivity index (χ0n) is 8.28. The monoisotopic (exact) mass is 250 g/mol. The van der Waals surface area contributed by atoms with Crippen LogP contribution in [0.1, 0.15) is 10.4 Å². The molecule has 0 aromatic heterocycles. The molecule has 0 amide bonds. The lowest BCUT2D eigenvalue weighted by molar-refractivity contribution is 0.112. The van der Waals surface area contributed by atoms with Crippen molar-refractivity contribution in [2.45, 2.75) is 0 Å². The van der Waals surface area contributed by atoms with Crippen LogP contribution in [0.2, 0.25) is 10.0 Å². The second-order valence-corrected chi connectivity index (χ2v) is 4.18. The normalized spacial score (nSPS) is 10.1. The minimum Gasteiger partial charge on any atom is -0.298 e. The lowest BCUT2D eigenvalue weighted by Gasteiger charge is -2.07. The molecule has 0 N–H and O–H groups in total. The lowest BCUT2D eigenvalue weighted by Crippen LogP contribution is -1.89. The van der Waals surface area contributed by atoms with Gasteiger partial charge in [-0.1, -0.05) is 53.5 Å². The topological polar surface area (TPSA) is 17.1 Å². The number of carbonyl (C=O) groups is 1. The van der Waals surface area contributed by atoms with Crippen LogP contribution in [0.25, 0.3) is 11.1 Å². The van der Waals surface area contributed by atoms with Crippen molar-refractivity contribution in [2.24, 2.45) is 0 Å². The Morgan fingerprint density at radius 3 is 2.31 bits per heavy atom. The Bertz CT molecular complexity index is 521. The van der Waals surface area contributed by atoms with Crippen LogP contribution >= 0.6 is 23.2 Å². The first-order valence-electron chi connectivity index (χ1n) is 4.72. The van der Waals surface area contributed by atoms with Gasteiger partial charge in [-0.2, -0.15) is 0 Å². The van der Waals surface area contributed by atoms with Crippen LogP contribution in [0, 0.1) is 0 Å². The van der Waals surface area contributed by atoms with Gasteiger partial charge in [0.2, 0.25) is 0 Å². The Morgan fingerprint density at radius 2 is 1.69 bits per heavy atom. The average Bonchev–Trinajstić information content (AvgIpc) is 2.29. The second kappa shape index (κ2) is 4.69. The quantitative estimate of drug-likeness (QED) is 0.719. The van der Waals surface area contributed by atoms with Gasteiger partial charge >= 0.3 is 0 Å². The van der Waals surface area contributed by atoms with E-state index in [1.807, 2.05) is 30.3 Å². The SMILES string of the molecule is O=Cc1c(Cl)cc(Cl)cc1-c1ccccc1. The molecule has 0 aliphatic heterocycles. The van der Waals surface area contributed by atoms with Crippen LogP contribution in [0.4, 0.5) is 0 Å². The van der Waals surface area contributed by atoms with Gasteiger partial charge in [0.25, 0.3) is 0 Å². The summed E-state index contributed by atoms with van der Waals surface area (Å²) in [5, 5.41) is 0.899. The highest BCUT2D eigenvalue weighted by atomic mass is 35.5. The van der Waals surface area contributed by atoms with E-state index in [0.717, 1.165) is 17.4 Å². The minimum atomic E-state index is 0.376. The molecule has 2 aromatic rings. The van der Waals surface area contributed by atoms with Crippen LogP contribution in [0.15, 0.2) is 42.5 Å². The molecule has 0 aliphatic rings. The molecule has 0 aliphatic carbocycles. The average molecular weight is 251 g/mol. The fourth-order valence-electron chi connectivity index (χ4n) is 1.56. The molecule has 0 radical (unpaired) electrons. The Kier molecular flexibility index (Phi) is 3.28. The first-order valence-corrected chi connectivity index (χ1v) is 5.47. The molecule has 0 bridgehead atoms. The Balaban J connectivity index is 2.69. The highest BCUT2D eigenvalue weighted by molar-refractivity contribution is 6.37. The van der Waals surface area contributed by atoms with Crippen molar-refractivity contribution in [3.05, 3.63) is 58.1 Å². The van der Waals surface area contributed by atoms with Crippen LogP contribution in [-0.2, 0) is 0 Å². The van der Waals surface area contributed by atoms with Gasteiger partial charge in [0.15, 0.2) is 6.29 Å². The fourth-order valence-corrected chi connectivity index (χ4v) is 2.10. The van der Waals surface area contributed by atoms with Gasteiger partial charge in [0.1, 0.15) is 0 Å². The zero-order valence-corrected chi connectivity index (χ0v) is 9.79. The largest absolute Gasteiger partial charge is 0.298 e. The predicted molar refractivity (Wildman–Crippen MR) is 67.3 cm³/mol. The molecule has 80 valence electrons. The highest BCUT2D eigenvalue weighted by Crippen LogP contribution is 2.31. The molecule has 0 heterocycles. The third kappa shape index (κ3) is 2.11. The number of carbonyl (C=O) groups excluding carboxylic acids is 1. The van der Waals surface area contributed by atoms with E-state index in [4.69, 9.17) is 23.2 Å². The van der Waals surface area contributed by atoms with E-state index in [0.29, 0.717) is 15.6 Å². The molecule has 0 fully saturated rings. The van der Waals surface area contributed by atoms with E-state index in [1.165, 1.54) is 0 Å². The predicted octanol–water partition coefficient (Wildman–Crippen LogP) is 4.47. The molecule has 1 nitrogen and oxygen atoms in total. The summed E-state index contributed by atoms with van der Waals surface area (Å²) >= 11 is 11.9. The van der Waals surface area contributed by atoms with Crippen LogP contribution in [-0.4, -0.2) is 6.29 Å². The Labute approximate surface area is 104 Å². The molecule has 0 saturated heterocycles. The van der Waals surface area contributed by atoms with E-state index in [2.05, 4.69) is 0 Å². The molecular formula is C13H8Cl2O. The number of hydrogen-bond acceptors (Lipinski definition) is 1. The first kappa shape index (κ1) is 11.2. The van der Waals surface area contributed by atoms with Crippen molar-refractivity contribution in [1.82, 2.24) is 0 Å². The molecule has 0 atom stereocenters. The standard InChI is InChI=1S/C13H8Cl2O/c14-10-6-11(9-4-2-1-3-5-9)12(8-16)13(15)7-10/h1-8H. The first-order chi connectivity index (χ1) is 7.72. The second-order valence-electron chi connectivity index (χ2n) is 3.33. The van der Waals surface area contributed by atoms with E-state index in [9.17, 15) is 4.79 Å². The van der Waals surface area contributed by atoms with Gasteiger partial charge in [-0.3, -0.25) is 4.79 Å². The fraction of sp³-hybridized carbons (Fsp3) is 0. The summed E-state index contributed by atoms with van der Waals surface area (Å²) in [6.07, 6.45) is 0.751. The third-order valence-electron chi connectivity index (χ3n) is 2.30. The summed E-state index contributed by atoms with van der Waals surface area (Å²) in [4.78, 5) is 11.0. The Hall–Kier alpha value is -1.31. The van der Waals surface area contributed by atoms with Crippen molar-refractivity contribution in [1.29, 1.82) is 0 Å². The lowest BCUT2D eigenvalue weighted by atomic mass is 10.0. The number of rotatable bonds is 2. The van der Waals surface area contributed by atoms with Crippen molar-refractivity contribution in [3.63, 3.8) is 0 Å². The number of aldehydes is 1. The third-order valence-corrected chi connectivity index (χ3v) is 2.83. The van der Waals surface area contributed by atoms with Gasteiger partial charge in [0.05, 0.1) is 5.02 Å². The van der Waals surface area contributed by atoms with E-state index in [1.54, 1.807) is 12.1 Å². The molecule has 0 spiro atoms. The van der Waals surface area contributed by atoms with Crippen molar-refractivity contribution < 1.29 is 4.79 Å². The number of benzene rings is 2. The zero-order chi connectivity index (χ0) is 11.5. The maximum atomic E-state index is 11.0. The molecule has 0 saturated carbocycles. The molecule has 16 heavy (non-hydrogen) atoms.